The van der Waals surface area contributed by atoms with Crippen LogP contribution in [-0.2, 0) is 19.1 Å². The molecule has 1 saturated heterocycles. The minimum absolute atomic E-state index is 0.170. The third-order valence-electron chi connectivity index (χ3n) is 8.95. The first-order valence-corrected chi connectivity index (χ1v) is 15.3. The first kappa shape index (κ1) is 31.7. The van der Waals surface area contributed by atoms with Gasteiger partial charge in [-0.25, -0.2) is 0 Å². The minimum Gasteiger partial charge on any atom is -0.493 e. The topological polar surface area (TPSA) is 192 Å². The Hall–Kier alpha value is -4.89. The van der Waals surface area contributed by atoms with Gasteiger partial charge in [0.1, 0.15) is 55.0 Å². The molecule has 0 unspecified atom stereocenters. The molecule has 0 bridgehead atoms. The van der Waals surface area contributed by atoms with Gasteiger partial charge >= 0.3 is 11.9 Å². The van der Waals surface area contributed by atoms with Crippen LogP contribution in [0.4, 0.5) is 0 Å². The van der Waals surface area contributed by atoms with E-state index in [2.05, 4.69) is 0 Å². The first-order chi connectivity index (χ1) is 23.2. The summed E-state index contributed by atoms with van der Waals surface area (Å²) in [5.74, 6) is -0.362. The number of para-hydroxylation sites is 1. The highest BCUT2D eigenvalue weighted by Crippen LogP contribution is 2.57. The zero-order valence-corrected chi connectivity index (χ0v) is 25.9. The molecule has 4 N–H and O–H groups in total. The number of hydrogen-bond acceptors (Lipinski definition) is 13. The smallest absolute Gasteiger partial charge is 0.317 e. The number of aliphatic carboxylic acids is 1. The molecule has 1 fully saturated rings. The Kier molecular flexibility index (Phi) is 8.33. The summed E-state index contributed by atoms with van der Waals surface area (Å²) in [5.41, 5.74) is 3.30. The van der Waals surface area contributed by atoms with E-state index < -0.39 is 61.8 Å². The van der Waals surface area contributed by atoms with Crippen LogP contribution in [0.1, 0.15) is 35.1 Å². The molecule has 7 atom stereocenters. The Labute approximate surface area is 273 Å². The maximum absolute atomic E-state index is 11.8. The summed E-state index contributed by atoms with van der Waals surface area (Å²) >= 11 is 0. The maximum atomic E-state index is 11.8. The summed E-state index contributed by atoms with van der Waals surface area (Å²) in [6.45, 7) is 0.0610. The van der Waals surface area contributed by atoms with Crippen LogP contribution in [0.15, 0.2) is 53.5 Å². The maximum Gasteiger partial charge on any atom is 0.317 e. The number of hydrogen-bond donors (Lipinski definition) is 4. The monoisotopic (exact) mass is 663 g/mol. The molecule has 14 nitrogen and oxygen atoms in total. The van der Waals surface area contributed by atoms with Crippen molar-refractivity contribution in [3.63, 3.8) is 0 Å². The summed E-state index contributed by atoms with van der Waals surface area (Å²) in [7, 11) is 3.11. The predicted molar refractivity (Wildman–Crippen MR) is 163 cm³/mol. The average molecular weight is 664 g/mol. The Balaban J connectivity index is 1.26. The highest BCUT2D eigenvalue weighted by Gasteiger charge is 2.47. The van der Waals surface area contributed by atoms with Gasteiger partial charge in [-0.15, -0.1) is 0 Å². The van der Waals surface area contributed by atoms with E-state index in [1.165, 1.54) is 0 Å². The largest absolute Gasteiger partial charge is 0.493 e. The van der Waals surface area contributed by atoms with Crippen LogP contribution in [0, 0.1) is 0 Å². The predicted octanol–water partition coefficient (Wildman–Crippen LogP) is 0.350. The van der Waals surface area contributed by atoms with E-state index in [1.807, 2.05) is 36.4 Å². The third-order valence-corrected chi connectivity index (χ3v) is 8.95. The number of ether oxygens (including phenoxy) is 7. The fourth-order valence-electron chi connectivity index (χ4n) is 6.63. The van der Waals surface area contributed by atoms with Crippen molar-refractivity contribution in [2.45, 2.75) is 49.1 Å². The lowest BCUT2D eigenvalue weighted by Gasteiger charge is -2.40. The Morgan fingerprint density at radius 3 is 2.58 bits per heavy atom. The number of benzene rings is 3. The molecule has 4 aliphatic heterocycles. The lowest BCUT2D eigenvalue weighted by molar-refractivity contribution is -0.278. The molecule has 0 radical (unpaired) electrons. The Morgan fingerprint density at radius 1 is 1.00 bits per heavy atom. The van der Waals surface area contributed by atoms with Crippen molar-refractivity contribution in [1.29, 1.82) is 0 Å². The van der Waals surface area contributed by atoms with Crippen LogP contribution in [0.5, 0.6) is 28.7 Å². The SMILES string of the molecule is COc1ccc2c(c1OC)O[C@H]1c3c(cc(O[C@@H]4O[C@H](COC(=O)CC(=O)O)[C@@H](O)[C@H](O)[C@H]4O)cc3C3=c4ccccc4=NC3)OC[C@@H]21. The molecule has 3 aromatic carbocycles. The number of carboxylic acids is 1. The molecule has 7 rings (SSSR count). The fourth-order valence-corrected chi connectivity index (χ4v) is 6.63. The number of nitrogens with zero attached hydrogens (tertiary/aromatic N) is 1. The van der Waals surface area contributed by atoms with Crippen LogP contribution in [0.25, 0.3) is 5.57 Å². The van der Waals surface area contributed by atoms with Gasteiger partial charge in [0.15, 0.2) is 11.5 Å². The van der Waals surface area contributed by atoms with Gasteiger partial charge in [-0.3, -0.25) is 14.6 Å². The van der Waals surface area contributed by atoms with Crippen LogP contribution in [0.2, 0.25) is 0 Å². The second-order valence-electron chi connectivity index (χ2n) is 11.8. The minimum atomic E-state index is -1.73. The third kappa shape index (κ3) is 5.46. The summed E-state index contributed by atoms with van der Waals surface area (Å²) < 4.78 is 40.9. The zero-order chi connectivity index (χ0) is 33.7. The van der Waals surface area contributed by atoms with Crippen LogP contribution in [-0.4, -0.2) is 97.0 Å². The zero-order valence-electron chi connectivity index (χ0n) is 25.9. The van der Waals surface area contributed by atoms with Gasteiger partial charge in [0.2, 0.25) is 12.0 Å². The fraction of sp³-hybridized carbons (Fsp3) is 0.382. The van der Waals surface area contributed by atoms with Crippen LogP contribution in [0.3, 0.4) is 0 Å². The molecule has 3 aromatic rings. The molecule has 252 valence electrons. The van der Waals surface area contributed by atoms with Gasteiger partial charge in [-0.2, -0.15) is 0 Å². The van der Waals surface area contributed by atoms with Crippen molar-refractivity contribution in [2.24, 2.45) is 4.99 Å². The van der Waals surface area contributed by atoms with Crippen molar-refractivity contribution >= 4 is 17.5 Å². The van der Waals surface area contributed by atoms with Crippen molar-refractivity contribution in [3.05, 3.63) is 75.8 Å². The number of methoxy groups -OCH3 is 2. The Morgan fingerprint density at radius 2 is 1.81 bits per heavy atom. The van der Waals surface area contributed by atoms with E-state index >= 15 is 0 Å². The van der Waals surface area contributed by atoms with E-state index in [4.69, 9.17) is 43.3 Å². The first-order valence-electron chi connectivity index (χ1n) is 15.3. The van der Waals surface area contributed by atoms with Crippen LogP contribution >= 0.6 is 0 Å². The molecule has 0 aliphatic carbocycles. The van der Waals surface area contributed by atoms with E-state index in [9.17, 15) is 24.9 Å². The average Bonchev–Trinajstić information content (AvgIpc) is 3.68. The second kappa shape index (κ2) is 12.6. The molecule has 14 heteroatoms. The van der Waals surface area contributed by atoms with Crippen molar-refractivity contribution in [1.82, 2.24) is 0 Å². The lowest BCUT2D eigenvalue weighted by atomic mass is 9.84. The number of fused-ring (bicyclic) bond motifs is 6. The van der Waals surface area contributed by atoms with Gasteiger partial charge in [0.05, 0.1) is 38.6 Å². The number of rotatable bonds is 9. The van der Waals surface area contributed by atoms with Gasteiger partial charge in [-0.05, 0) is 29.3 Å². The van der Waals surface area contributed by atoms with Gasteiger partial charge < -0.3 is 53.6 Å². The van der Waals surface area contributed by atoms with Crippen molar-refractivity contribution in [3.8, 4) is 28.7 Å². The quantitative estimate of drug-likeness (QED) is 0.181. The second-order valence-corrected chi connectivity index (χ2v) is 11.8. The number of esters is 1. The normalized spacial score (nSPS) is 26.4. The van der Waals surface area contributed by atoms with Crippen LogP contribution < -0.4 is 34.3 Å². The molecular weight excluding hydrogens is 630 g/mol. The highest BCUT2D eigenvalue weighted by atomic mass is 16.7. The highest BCUT2D eigenvalue weighted by molar-refractivity contribution is 5.90. The van der Waals surface area contributed by atoms with Gasteiger partial charge in [0.25, 0.3) is 0 Å². The standard InChI is InChI=1S/C34H33NO13/c1-42-22-8-7-17-20-13-44-23-10-15(46-34-30(41)29(40)28(39)24(47-34)14-45-26(38)11-25(36)37)9-18(19-12-35-21-6-4-3-5-16(19)21)27(23)31(20)48-32(17)33(22)43-2/h3-10,20,24,28-31,34,39-41H,11-14H2,1-2H3,(H,36,37)/t20-,24+,28+,29-,30+,31+,34+/m0/s1. The number of carbonyl (C=O) groups excluding carboxylic acids is 1. The van der Waals surface area contributed by atoms with Gasteiger partial charge in [0, 0.05) is 22.4 Å². The molecule has 48 heavy (non-hydrogen) atoms. The van der Waals surface area contributed by atoms with Crippen molar-refractivity contribution < 1.29 is 63.2 Å². The Bertz CT molecular complexity index is 1890. The van der Waals surface area contributed by atoms with E-state index in [1.54, 1.807) is 26.4 Å². The molecule has 0 saturated carbocycles. The van der Waals surface area contributed by atoms with E-state index in [-0.39, 0.29) is 18.3 Å². The van der Waals surface area contributed by atoms with Crippen molar-refractivity contribution in [2.75, 3.05) is 34.0 Å². The number of carboxylic acid groups (broad SMARTS) is 1. The molecule has 4 heterocycles. The number of aliphatic hydroxyl groups excluding tert-OH is 3. The van der Waals surface area contributed by atoms with Gasteiger partial charge in [-0.1, -0.05) is 24.3 Å². The molecule has 0 amide bonds. The number of carbonyl (C=O) groups is 2. The molecule has 0 aromatic heterocycles. The number of aliphatic hydroxyl groups is 3. The summed E-state index contributed by atoms with van der Waals surface area (Å²) in [6, 6.07) is 14.9. The molecule has 4 aliphatic rings. The molecule has 0 spiro atoms. The van der Waals surface area contributed by atoms with E-state index in [0.29, 0.717) is 29.5 Å². The van der Waals surface area contributed by atoms with E-state index in [0.717, 1.165) is 32.8 Å². The lowest BCUT2D eigenvalue weighted by Crippen LogP contribution is -2.60. The summed E-state index contributed by atoms with van der Waals surface area (Å²) in [5, 5.41) is 42.5. The summed E-state index contributed by atoms with van der Waals surface area (Å²) in [4.78, 5) is 27.3. The molecular formula is C34H33NO13. The summed E-state index contributed by atoms with van der Waals surface area (Å²) in [6.07, 6.45) is -9.27.